The minimum Gasteiger partial charge on any atom is -0.439 e. The first-order valence-corrected chi connectivity index (χ1v) is 10.5. The molecule has 0 spiro atoms. The summed E-state index contributed by atoms with van der Waals surface area (Å²) in [6.07, 6.45) is 0. The Hall–Kier alpha value is -4.15. The van der Waals surface area contributed by atoms with E-state index in [2.05, 4.69) is 6.07 Å². The van der Waals surface area contributed by atoms with E-state index in [-0.39, 0.29) is 22.8 Å². The number of esters is 1. The summed E-state index contributed by atoms with van der Waals surface area (Å²) < 4.78 is 25.7. The van der Waals surface area contributed by atoms with Crippen LogP contribution in [0.4, 0.5) is 4.39 Å². The number of ether oxygens (including phenoxy) is 2. The summed E-state index contributed by atoms with van der Waals surface area (Å²) in [7, 11) is 0. The molecular formula is C25H15FN2O3S. The molecule has 0 aliphatic carbocycles. The highest BCUT2D eigenvalue weighted by Gasteiger charge is 2.35. The van der Waals surface area contributed by atoms with Crippen molar-refractivity contribution in [3.05, 3.63) is 106 Å². The van der Waals surface area contributed by atoms with Gasteiger partial charge in [-0.2, -0.15) is 5.26 Å². The summed E-state index contributed by atoms with van der Waals surface area (Å²) in [4.78, 5) is 13.5. The van der Waals surface area contributed by atoms with Crippen LogP contribution >= 0.6 is 11.3 Å². The van der Waals surface area contributed by atoms with E-state index in [0.29, 0.717) is 11.3 Å². The van der Waals surface area contributed by atoms with Gasteiger partial charge in [0.05, 0.1) is 16.4 Å². The van der Waals surface area contributed by atoms with E-state index < -0.39 is 17.7 Å². The third kappa shape index (κ3) is 3.27. The van der Waals surface area contributed by atoms with Gasteiger partial charge < -0.3 is 15.2 Å². The van der Waals surface area contributed by atoms with Crippen molar-refractivity contribution in [1.29, 1.82) is 5.26 Å². The minimum atomic E-state index is -0.628. The molecule has 5 rings (SSSR count). The van der Waals surface area contributed by atoms with Gasteiger partial charge in [-0.3, -0.25) is 0 Å². The second-order valence-corrected chi connectivity index (χ2v) is 8.23. The Morgan fingerprint density at radius 1 is 1.06 bits per heavy atom. The number of nitrogens with zero attached hydrogens (tertiary/aromatic N) is 1. The maximum Gasteiger partial charge on any atom is 0.343 e. The van der Waals surface area contributed by atoms with Gasteiger partial charge in [-0.25, -0.2) is 9.18 Å². The van der Waals surface area contributed by atoms with Crippen molar-refractivity contribution in [2.75, 3.05) is 0 Å². The fraction of sp³-hybridized carbons (Fsp3) is 0.0400. The van der Waals surface area contributed by atoms with Gasteiger partial charge in [0.25, 0.3) is 0 Å². The lowest BCUT2D eigenvalue weighted by atomic mass is 9.87. The van der Waals surface area contributed by atoms with Crippen molar-refractivity contribution in [3.63, 3.8) is 0 Å². The number of halogens is 1. The normalized spacial score (nSPS) is 15.1. The second-order valence-electron chi connectivity index (χ2n) is 7.15. The molecule has 7 heteroatoms. The van der Waals surface area contributed by atoms with E-state index >= 15 is 0 Å². The lowest BCUT2D eigenvalue weighted by Crippen LogP contribution is -2.20. The quantitative estimate of drug-likeness (QED) is 0.336. The van der Waals surface area contributed by atoms with Gasteiger partial charge in [-0.1, -0.05) is 30.3 Å². The molecule has 32 heavy (non-hydrogen) atoms. The summed E-state index contributed by atoms with van der Waals surface area (Å²) in [6.45, 7) is 0. The van der Waals surface area contributed by atoms with E-state index in [1.807, 2.05) is 24.3 Å². The summed E-state index contributed by atoms with van der Waals surface area (Å²) >= 11 is 1.50. The minimum absolute atomic E-state index is 0.0215. The lowest BCUT2D eigenvalue weighted by Gasteiger charge is -2.25. The number of hydrogen-bond acceptors (Lipinski definition) is 6. The number of nitrogens with two attached hydrogens (primary N) is 1. The first kappa shape index (κ1) is 19.8. The Balaban J connectivity index is 1.63. The van der Waals surface area contributed by atoms with Crippen LogP contribution in [0.2, 0.25) is 0 Å². The molecule has 0 radical (unpaired) electrons. The Kier molecular flexibility index (Phi) is 4.85. The van der Waals surface area contributed by atoms with E-state index in [1.54, 1.807) is 24.3 Å². The summed E-state index contributed by atoms with van der Waals surface area (Å²) in [5.74, 6) is -0.715. The van der Waals surface area contributed by atoms with Crippen molar-refractivity contribution < 1.29 is 18.7 Å². The van der Waals surface area contributed by atoms with Crippen molar-refractivity contribution in [2.24, 2.45) is 5.73 Å². The highest BCUT2D eigenvalue weighted by molar-refractivity contribution is 7.19. The van der Waals surface area contributed by atoms with Gasteiger partial charge in [0.15, 0.2) is 5.75 Å². The van der Waals surface area contributed by atoms with Crippen molar-refractivity contribution in [3.8, 4) is 17.6 Å². The van der Waals surface area contributed by atoms with Gasteiger partial charge in [0, 0.05) is 15.6 Å². The maximum absolute atomic E-state index is 13.2. The Labute approximate surface area is 186 Å². The van der Waals surface area contributed by atoms with Gasteiger partial charge >= 0.3 is 5.97 Å². The van der Waals surface area contributed by atoms with Crippen molar-refractivity contribution >= 4 is 27.4 Å². The zero-order valence-electron chi connectivity index (χ0n) is 16.5. The van der Waals surface area contributed by atoms with E-state index in [1.165, 1.54) is 35.6 Å². The third-order valence-corrected chi connectivity index (χ3v) is 6.45. The van der Waals surface area contributed by atoms with Crippen LogP contribution < -0.4 is 15.2 Å². The molecule has 1 aromatic heterocycles. The van der Waals surface area contributed by atoms with Crippen LogP contribution in [-0.2, 0) is 0 Å². The topological polar surface area (TPSA) is 85.3 Å². The van der Waals surface area contributed by atoms with Crippen LogP contribution in [0.25, 0.3) is 10.1 Å². The van der Waals surface area contributed by atoms with Gasteiger partial charge in [0.2, 0.25) is 5.88 Å². The number of thiophene rings is 1. The molecule has 0 bridgehead atoms. The summed E-state index contributed by atoms with van der Waals surface area (Å²) in [6, 6.07) is 22.0. The van der Waals surface area contributed by atoms with Gasteiger partial charge in [0.1, 0.15) is 23.2 Å². The zero-order chi connectivity index (χ0) is 22.2. The predicted molar refractivity (Wildman–Crippen MR) is 119 cm³/mol. The van der Waals surface area contributed by atoms with Crippen LogP contribution in [0, 0.1) is 17.1 Å². The largest absolute Gasteiger partial charge is 0.439 e. The summed E-state index contributed by atoms with van der Waals surface area (Å²) in [5.41, 5.74) is 7.20. The Bertz CT molecular complexity index is 1430. The standard InChI is InChI=1S/C25H15FN2O3S/c26-15-11-9-14(10-12-15)25(29)30-19-7-3-1-5-16(19)21-18(13-27)24(28)31-22-17-6-2-4-8-20(17)32-23(21)22/h1-12,21H,28H2/t21-/m0/s1. The third-order valence-electron chi connectivity index (χ3n) is 5.24. The highest BCUT2D eigenvalue weighted by atomic mass is 32.1. The number of hydrogen-bond donors (Lipinski definition) is 1. The summed E-state index contributed by atoms with van der Waals surface area (Å²) in [5, 5.41) is 10.8. The molecule has 2 N–H and O–H groups in total. The number of carbonyl (C=O) groups is 1. The number of allylic oxidation sites excluding steroid dienone is 1. The van der Waals surface area contributed by atoms with Crippen LogP contribution in [0.3, 0.4) is 0 Å². The first-order chi connectivity index (χ1) is 15.6. The monoisotopic (exact) mass is 442 g/mol. The highest BCUT2D eigenvalue weighted by Crippen LogP contribution is 2.51. The number of para-hydroxylation sites is 1. The molecule has 4 aromatic rings. The molecule has 156 valence electrons. The molecule has 3 aromatic carbocycles. The molecule has 1 atom stereocenters. The maximum atomic E-state index is 13.2. The molecule has 1 aliphatic heterocycles. The molecule has 2 heterocycles. The molecular weight excluding hydrogens is 427 g/mol. The molecule has 0 amide bonds. The number of rotatable bonds is 3. The number of benzene rings is 3. The van der Waals surface area contributed by atoms with Gasteiger partial charge in [-0.05, 0) is 42.5 Å². The fourth-order valence-corrected chi connectivity index (χ4v) is 5.01. The predicted octanol–water partition coefficient (Wildman–Crippen LogP) is 5.48. The number of carbonyl (C=O) groups excluding carboxylic acids is 1. The Morgan fingerprint density at radius 3 is 2.56 bits per heavy atom. The van der Waals surface area contributed by atoms with Crippen LogP contribution in [0.15, 0.2) is 84.3 Å². The molecule has 0 unspecified atom stereocenters. The molecule has 5 nitrogen and oxygen atoms in total. The second kappa shape index (κ2) is 7.84. The van der Waals surface area contributed by atoms with Crippen LogP contribution in [0.1, 0.15) is 26.7 Å². The van der Waals surface area contributed by atoms with Gasteiger partial charge in [-0.15, -0.1) is 11.3 Å². The first-order valence-electron chi connectivity index (χ1n) is 9.72. The van der Waals surface area contributed by atoms with E-state index in [9.17, 15) is 14.4 Å². The van der Waals surface area contributed by atoms with E-state index in [4.69, 9.17) is 15.2 Å². The van der Waals surface area contributed by atoms with Crippen LogP contribution in [0.5, 0.6) is 11.5 Å². The smallest absolute Gasteiger partial charge is 0.343 e. The molecule has 0 fully saturated rings. The molecule has 0 saturated heterocycles. The number of fused-ring (bicyclic) bond motifs is 3. The van der Waals surface area contributed by atoms with Crippen molar-refractivity contribution in [1.82, 2.24) is 0 Å². The van der Waals surface area contributed by atoms with E-state index in [0.717, 1.165) is 15.0 Å². The fourth-order valence-electron chi connectivity index (χ4n) is 3.75. The SMILES string of the molecule is N#CC1=C(N)Oc2c(sc3ccccc23)[C@H]1c1ccccc1OC(=O)c1ccc(F)cc1. The Morgan fingerprint density at radius 2 is 1.78 bits per heavy atom. The average Bonchev–Trinajstić information content (AvgIpc) is 3.17. The zero-order valence-corrected chi connectivity index (χ0v) is 17.4. The molecule has 1 aliphatic rings. The van der Waals surface area contributed by atoms with Crippen LogP contribution in [-0.4, -0.2) is 5.97 Å². The average molecular weight is 442 g/mol. The molecule has 0 saturated carbocycles. The van der Waals surface area contributed by atoms with Crippen molar-refractivity contribution in [2.45, 2.75) is 5.92 Å². The lowest BCUT2D eigenvalue weighted by molar-refractivity contribution is 0.0733. The number of nitriles is 1.